The molecule has 1 atom stereocenters. The molecular formula is C12H15N3O2S. The molecule has 18 heavy (non-hydrogen) atoms. The molecule has 5 nitrogen and oxygen atoms in total. The average Bonchev–Trinajstić information content (AvgIpc) is 2.37. The number of fused-ring (bicyclic) bond motifs is 1. The minimum atomic E-state index is -3.56. The molecule has 0 aliphatic carbocycles. The third-order valence-corrected chi connectivity index (χ3v) is 4.29. The molecular weight excluding hydrogens is 250 g/mol. The lowest BCUT2D eigenvalue weighted by Gasteiger charge is -2.13. The first-order valence-electron chi connectivity index (χ1n) is 5.60. The number of nitrogens with zero attached hydrogens (tertiary/aromatic N) is 1. The van der Waals surface area contributed by atoms with Crippen LogP contribution in [0.3, 0.4) is 0 Å². The van der Waals surface area contributed by atoms with Gasteiger partial charge in [-0.1, -0.05) is 12.1 Å². The van der Waals surface area contributed by atoms with Crippen LogP contribution < -0.4 is 10.5 Å². The number of rotatable bonds is 4. The largest absolute Gasteiger partial charge is 0.329 e. The summed E-state index contributed by atoms with van der Waals surface area (Å²) in [5.41, 5.74) is 5.43. The van der Waals surface area contributed by atoms with Crippen molar-refractivity contribution in [1.82, 2.24) is 9.71 Å². The molecule has 0 spiro atoms. The van der Waals surface area contributed by atoms with E-state index in [0.717, 1.165) is 5.39 Å². The number of sulfonamides is 1. The molecule has 3 N–H and O–H groups in total. The summed E-state index contributed by atoms with van der Waals surface area (Å²) < 4.78 is 27.0. The molecule has 1 heterocycles. The smallest absolute Gasteiger partial charge is 0.241 e. The number of nitrogens with one attached hydrogen (secondary N) is 1. The fourth-order valence-electron chi connectivity index (χ4n) is 1.70. The van der Waals surface area contributed by atoms with Gasteiger partial charge in [-0.3, -0.25) is 4.98 Å². The maximum absolute atomic E-state index is 12.2. The molecule has 1 aromatic carbocycles. The van der Waals surface area contributed by atoms with E-state index in [1.54, 1.807) is 37.5 Å². The van der Waals surface area contributed by atoms with Crippen LogP contribution >= 0.6 is 0 Å². The molecule has 0 saturated heterocycles. The summed E-state index contributed by atoms with van der Waals surface area (Å²) in [6, 6.07) is 6.50. The minimum absolute atomic E-state index is 0.253. The Balaban J connectivity index is 2.54. The summed E-state index contributed by atoms with van der Waals surface area (Å²) in [5, 5.41) is 1.45. The molecule has 2 rings (SSSR count). The summed E-state index contributed by atoms with van der Waals surface area (Å²) in [5.74, 6) is 0. The number of aromatic nitrogens is 1. The van der Waals surface area contributed by atoms with Gasteiger partial charge in [0.25, 0.3) is 0 Å². The highest BCUT2D eigenvalue weighted by Crippen LogP contribution is 2.21. The lowest BCUT2D eigenvalue weighted by Crippen LogP contribution is -2.37. The molecule has 0 bridgehead atoms. The van der Waals surface area contributed by atoms with Crippen LogP contribution in [0.2, 0.25) is 0 Å². The van der Waals surface area contributed by atoms with E-state index in [2.05, 4.69) is 9.71 Å². The Labute approximate surface area is 106 Å². The molecule has 1 aromatic heterocycles. The van der Waals surface area contributed by atoms with Crippen LogP contribution in [0.25, 0.3) is 10.8 Å². The molecule has 0 amide bonds. The first-order chi connectivity index (χ1) is 8.54. The highest BCUT2D eigenvalue weighted by Gasteiger charge is 2.18. The zero-order chi connectivity index (χ0) is 13.2. The van der Waals surface area contributed by atoms with Gasteiger partial charge in [-0.15, -0.1) is 0 Å². The van der Waals surface area contributed by atoms with Gasteiger partial charge in [0.1, 0.15) is 0 Å². The number of nitrogens with two attached hydrogens (primary N) is 1. The first-order valence-corrected chi connectivity index (χ1v) is 7.08. The minimum Gasteiger partial charge on any atom is -0.329 e. The Bertz CT molecular complexity index is 650. The lowest BCUT2D eigenvalue weighted by molar-refractivity contribution is 0.563. The van der Waals surface area contributed by atoms with Crippen molar-refractivity contribution in [1.29, 1.82) is 0 Å². The van der Waals surface area contributed by atoms with Crippen molar-refractivity contribution in [2.45, 2.75) is 17.9 Å². The normalized spacial score (nSPS) is 13.7. The van der Waals surface area contributed by atoms with Crippen LogP contribution in [-0.4, -0.2) is 26.0 Å². The zero-order valence-corrected chi connectivity index (χ0v) is 10.8. The maximum Gasteiger partial charge on any atom is 0.241 e. The van der Waals surface area contributed by atoms with Gasteiger partial charge in [-0.2, -0.15) is 0 Å². The predicted octanol–water partition coefficient (Wildman–Crippen LogP) is 0.860. The van der Waals surface area contributed by atoms with Crippen molar-refractivity contribution in [2.24, 2.45) is 5.73 Å². The summed E-state index contributed by atoms with van der Waals surface area (Å²) in [6.07, 6.45) is 3.22. The topological polar surface area (TPSA) is 85.1 Å². The Morgan fingerprint density at radius 3 is 2.89 bits per heavy atom. The molecule has 0 aliphatic rings. The van der Waals surface area contributed by atoms with Crippen molar-refractivity contribution < 1.29 is 8.42 Å². The summed E-state index contributed by atoms with van der Waals surface area (Å²) in [4.78, 5) is 4.23. The lowest BCUT2D eigenvalue weighted by atomic mass is 10.2. The summed E-state index contributed by atoms with van der Waals surface area (Å²) >= 11 is 0. The second kappa shape index (κ2) is 5.01. The van der Waals surface area contributed by atoms with Gasteiger partial charge in [0.05, 0.1) is 4.90 Å². The first kappa shape index (κ1) is 12.9. The van der Waals surface area contributed by atoms with E-state index in [4.69, 9.17) is 5.73 Å². The molecule has 0 saturated carbocycles. The average molecular weight is 265 g/mol. The predicted molar refractivity (Wildman–Crippen MR) is 70.6 cm³/mol. The van der Waals surface area contributed by atoms with Crippen molar-refractivity contribution in [3.05, 3.63) is 36.7 Å². The van der Waals surface area contributed by atoms with E-state index < -0.39 is 10.0 Å². The quantitative estimate of drug-likeness (QED) is 0.858. The van der Waals surface area contributed by atoms with Gasteiger partial charge >= 0.3 is 0 Å². The van der Waals surface area contributed by atoms with E-state index in [1.165, 1.54) is 0 Å². The molecule has 6 heteroatoms. The maximum atomic E-state index is 12.2. The van der Waals surface area contributed by atoms with Crippen LogP contribution in [0.15, 0.2) is 41.6 Å². The van der Waals surface area contributed by atoms with Crippen LogP contribution in [-0.2, 0) is 10.0 Å². The molecule has 0 fully saturated rings. The number of pyridine rings is 1. The van der Waals surface area contributed by atoms with E-state index >= 15 is 0 Å². The summed E-state index contributed by atoms with van der Waals surface area (Å²) in [6.45, 7) is 1.98. The van der Waals surface area contributed by atoms with Crippen LogP contribution in [0.5, 0.6) is 0 Å². The second-order valence-electron chi connectivity index (χ2n) is 4.11. The standard InChI is InChI=1S/C12H15N3O2S/c1-9(7-13)15-18(16,17)12-4-2-3-10-8-14-6-5-11(10)12/h2-6,8-9,15H,7,13H2,1H3/t9-/m1/s1. The number of benzene rings is 1. The fraction of sp³-hybridized carbons (Fsp3) is 0.250. The molecule has 96 valence electrons. The molecule has 0 aliphatic heterocycles. The zero-order valence-electron chi connectivity index (χ0n) is 10.00. The summed E-state index contributed by atoms with van der Waals surface area (Å²) in [7, 11) is -3.56. The van der Waals surface area contributed by atoms with E-state index in [9.17, 15) is 8.42 Å². The van der Waals surface area contributed by atoms with Gasteiger partial charge in [-0.25, -0.2) is 13.1 Å². The van der Waals surface area contributed by atoms with Gasteiger partial charge in [0.15, 0.2) is 0 Å². The Kier molecular flexibility index (Phi) is 3.60. The molecule has 2 aromatic rings. The van der Waals surface area contributed by atoms with Gasteiger partial charge in [0.2, 0.25) is 10.0 Å². The van der Waals surface area contributed by atoms with Crippen molar-refractivity contribution in [2.75, 3.05) is 6.54 Å². The van der Waals surface area contributed by atoms with Gasteiger partial charge in [-0.05, 0) is 19.1 Å². The second-order valence-corrected chi connectivity index (χ2v) is 5.79. The SMILES string of the molecule is C[C@H](CN)NS(=O)(=O)c1cccc2cnccc12. The number of hydrogen-bond donors (Lipinski definition) is 2. The highest BCUT2D eigenvalue weighted by molar-refractivity contribution is 7.89. The monoisotopic (exact) mass is 265 g/mol. The Morgan fingerprint density at radius 2 is 2.17 bits per heavy atom. The van der Waals surface area contributed by atoms with Crippen molar-refractivity contribution >= 4 is 20.8 Å². The van der Waals surface area contributed by atoms with Gasteiger partial charge < -0.3 is 5.73 Å². The van der Waals surface area contributed by atoms with E-state index in [1.807, 2.05) is 6.07 Å². The van der Waals surface area contributed by atoms with Crippen molar-refractivity contribution in [3.8, 4) is 0 Å². The van der Waals surface area contributed by atoms with Crippen molar-refractivity contribution in [3.63, 3.8) is 0 Å². The Morgan fingerprint density at radius 1 is 1.39 bits per heavy atom. The van der Waals surface area contributed by atoms with Crippen LogP contribution in [0.1, 0.15) is 6.92 Å². The third kappa shape index (κ3) is 2.50. The van der Waals surface area contributed by atoms with Crippen LogP contribution in [0.4, 0.5) is 0 Å². The molecule has 0 unspecified atom stereocenters. The third-order valence-electron chi connectivity index (χ3n) is 2.64. The van der Waals surface area contributed by atoms with Gasteiger partial charge in [0, 0.05) is 35.8 Å². The highest BCUT2D eigenvalue weighted by atomic mass is 32.2. The number of hydrogen-bond acceptors (Lipinski definition) is 4. The van der Waals surface area contributed by atoms with E-state index in [-0.39, 0.29) is 17.5 Å². The van der Waals surface area contributed by atoms with E-state index in [0.29, 0.717) is 5.39 Å². The Hall–Kier alpha value is -1.50. The molecule has 0 radical (unpaired) electrons. The fourth-order valence-corrected chi connectivity index (χ4v) is 3.19. The van der Waals surface area contributed by atoms with Crippen LogP contribution in [0, 0.1) is 0 Å².